The van der Waals surface area contributed by atoms with Crippen molar-refractivity contribution < 1.29 is 26.7 Å². The number of carbonyl (C=O) groups is 1. The van der Waals surface area contributed by atoms with E-state index in [9.17, 15) is 22.0 Å². The molecule has 0 aliphatic rings. The summed E-state index contributed by atoms with van der Waals surface area (Å²) >= 11 is 5.76. The van der Waals surface area contributed by atoms with Gasteiger partial charge in [-0.25, -0.2) is 26.7 Å². The average molecular weight is 343 g/mol. The molecule has 0 amide bonds. The molecular formula is C11H13ClF2N2O4S. The summed E-state index contributed by atoms with van der Waals surface area (Å²) in [6.07, 6.45) is 0. The number of esters is 1. The first-order valence-corrected chi connectivity index (χ1v) is 7.44. The summed E-state index contributed by atoms with van der Waals surface area (Å²) in [5.74, 6) is -4.07. The van der Waals surface area contributed by atoms with E-state index in [0.29, 0.717) is 0 Å². The molecule has 0 fully saturated rings. The molecule has 0 saturated carbocycles. The first kappa shape index (κ1) is 17.8. The van der Waals surface area contributed by atoms with Crippen molar-refractivity contribution >= 4 is 27.6 Å². The lowest BCUT2D eigenvalue weighted by atomic mass is 10.2. The van der Waals surface area contributed by atoms with Crippen LogP contribution in [0, 0.1) is 0 Å². The quantitative estimate of drug-likeness (QED) is 0.751. The van der Waals surface area contributed by atoms with Crippen molar-refractivity contribution in [2.45, 2.75) is 10.8 Å². The molecule has 0 radical (unpaired) electrons. The van der Waals surface area contributed by atoms with E-state index < -0.39 is 39.9 Å². The van der Waals surface area contributed by atoms with Crippen molar-refractivity contribution in [3.05, 3.63) is 28.8 Å². The number of rotatable bonds is 6. The number of methoxy groups -OCH3 is 1. The zero-order chi connectivity index (χ0) is 16.3. The van der Waals surface area contributed by atoms with Crippen LogP contribution in [-0.2, 0) is 14.8 Å². The maximum absolute atomic E-state index is 13.0. The summed E-state index contributed by atoms with van der Waals surface area (Å²) < 4.78 is 55.9. The molecule has 21 heavy (non-hydrogen) atoms. The monoisotopic (exact) mass is 342 g/mol. The Morgan fingerprint density at radius 1 is 1.48 bits per heavy atom. The second kappa shape index (κ2) is 6.65. The van der Waals surface area contributed by atoms with E-state index in [-0.39, 0.29) is 10.6 Å². The Bertz CT molecular complexity index is 637. The molecule has 1 aromatic rings. The smallest absolute Gasteiger partial charge is 0.337 e. The summed E-state index contributed by atoms with van der Waals surface area (Å²) in [5.41, 5.74) is 4.85. The predicted octanol–water partition coefficient (Wildman–Crippen LogP) is 0.999. The summed E-state index contributed by atoms with van der Waals surface area (Å²) in [7, 11) is -3.10. The van der Waals surface area contributed by atoms with Crippen molar-refractivity contribution in [2.24, 2.45) is 5.73 Å². The molecule has 0 unspecified atom stereocenters. The summed E-state index contributed by atoms with van der Waals surface area (Å²) in [6, 6.07) is 3.26. The Labute approximate surface area is 125 Å². The van der Waals surface area contributed by atoms with Gasteiger partial charge in [0.05, 0.1) is 30.8 Å². The molecule has 1 aromatic carbocycles. The Morgan fingerprint density at radius 3 is 2.57 bits per heavy atom. The van der Waals surface area contributed by atoms with Gasteiger partial charge in [0.1, 0.15) is 4.90 Å². The van der Waals surface area contributed by atoms with Crippen molar-refractivity contribution in [3.8, 4) is 0 Å². The zero-order valence-electron chi connectivity index (χ0n) is 10.9. The minimum atomic E-state index is -4.25. The molecule has 0 spiro atoms. The minimum absolute atomic E-state index is 0.0359. The van der Waals surface area contributed by atoms with Gasteiger partial charge in [0.15, 0.2) is 0 Å². The van der Waals surface area contributed by atoms with E-state index >= 15 is 0 Å². The van der Waals surface area contributed by atoms with Gasteiger partial charge in [0, 0.05) is 0 Å². The van der Waals surface area contributed by atoms with Gasteiger partial charge < -0.3 is 10.5 Å². The van der Waals surface area contributed by atoms with Crippen LogP contribution in [0.25, 0.3) is 0 Å². The summed E-state index contributed by atoms with van der Waals surface area (Å²) in [6.45, 7) is -2.15. The molecule has 6 nitrogen and oxygen atoms in total. The van der Waals surface area contributed by atoms with Crippen molar-refractivity contribution in [2.75, 3.05) is 20.2 Å². The molecule has 10 heteroatoms. The number of ether oxygens (including phenoxy) is 1. The molecule has 1 rings (SSSR count). The normalized spacial score (nSPS) is 12.2. The lowest BCUT2D eigenvalue weighted by molar-refractivity contribution is 0.0170. The highest BCUT2D eigenvalue weighted by Crippen LogP contribution is 2.23. The van der Waals surface area contributed by atoms with E-state index in [0.717, 1.165) is 25.3 Å². The van der Waals surface area contributed by atoms with Gasteiger partial charge >= 0.3 is 5.97 Å². The molecule has 0 aromatic heterocycles. The molecule has 118 valence electrons. The molecule has 0 bridgehead atoms. The molecular weight excluding hydrogens is 330 g/mol. The third kappa shape index (κ3) is 4.60. The minimum Gasteiger partial charge on any atom is -0.465 e. The van der Waals surface area contributed by atoms with Crippen molar-refractivity contribution in [3.63, 3.8) is 0 Å². The largest absolute Gasteiger partial charge is 0.465 e. The molecule has 3 N–H and O–H groups in total. The molecule has 0 aliphatic heterocycles. The van der Waals surface area contributed by atoms with Crippen LogP contribution >= 0.6 is 11.6 Å². The third-order valence-corrected chi connectivity index (χ3v) is 4.35. The SMILES string of the molecule is COC(=O)c1ccc(S(=O)(=O)NCC(F)(F)CN)c(Cl)c1. The highest BCUT2D eigenvalue weighted by molar-refractivity contribution is 7.89. The summed E-state index contributed by atoms with van der Waals surface area (Å²) in [5, 5.41) is -0.290. The number of hydrogen-bond donors (Lipinski definition) is 2. The predicted molar refractivity (Wildman–Crippen MR) is 72.0 cm³/mol. The van der Waals surface area contributed by atoms with Crippen LogP contribution in [-0.4, -0.2) is 40.5 Å². The molecule has 0 heterocycles. The van der Waals surface area contributed by atoms with Crippen LogP contribution in [0.1, 0.15) is 10.4 Å². The van der Waals surface area contributed by atoms with E-state index in [2.05, 4.69) is 4.74 Å². The van der Waals surface area contributed by atoms with Gasteiger partial charge in [0.25, 0.3) is 5.92 Å². The van der Waals surface area contributed by atoms with Crippen LogP contribution in [0.3, 0.4) is 0 Å². The first-order chi connectivity index (χ1) is 9.63. The second-order valence-corrected chi connectivity index (χ2v) is 6.16. The summed E-state index contributed by atoms with van der Waals surface area (Å²) in [4.78, 5) is 10.8. The Morgan fingerprint density at radius 2 is 2.10 bits per heavy atom. The van der Waals surface area contributed by atoms with Crippen LogP contribution in [0.2, 0.25) is 5.02 Å². The highest BCUT2D eigenvalue weighted by Gasteiger charge is 2.30. The van der Waals surface area contributed by atoms with E-state index in [4.69, 9.17) is 17.3 Å². The van der Waals surface area contributed by atoms with Crippen molar-refractivity contribution in [1.82, 2.24) is 4.72 Å². The topological polar surface area (TPSA) is 98.5 Å². The maximum atomic E-state index is 13.0. The number of alkyl halides is 2. The van der Waals surface area contributed by atoms with Crippen LogP contribution in [0.15, 0.2) is 23.1 Å². The van der Waals surface area contributed by atoms with Gasteiger partial charge in [0.2, 0.25) is 10.0 Å². The number of hydrogen-bond acceptors (Lipinski definition) is 5. The Balaban J connectivity index is 3.02. The fourth-order valence-electron chi connectivity index (χ4n) is 1.31. The Hall–Kier alpha value is -1.29. The third-order valence-electron chi connectivity index (χ3n) is 2.46. The number of halogens is 3. The molecule has 0 saturated heterocycles. The van der Waals surface area contributed by atoms with E-state index in [1.165, 1.54) is 0 Å². The van der Waals surface area contributed by atoms with Gasteiger partial charge in [-0.05, 0) is 18.2 Å². The number of nitrogens with one attached hydrogen (secondary N) is 1. The Kier molecular flexibility index (Phi) is 5.62. The van der Waals surface area contributed by atoms with Gasteiger partial charge in [-0.1, -0.05) is 11.6 Å². The number of carbonyl (C=O) groups excluding carboxylic acids is 1. The van der Waals surface area contributed by atoms with E-state index in [1.54, 1.807) is 4.72 Å². The van der Waals surface area contributed by atoms with Crippen LogP contribution < -0.4 is 10.5 Å². The van der Waals surface area contributed by atoms with Gasteiger partial charge in [-0.15, -0.1) is 0 Å². The van der Waals surface area contributed by atoms with Crippen LogP contribution in [0.5, 0.6) is 0 Å². The highest BCUT2D eigenvalue weighted by atomic mass is 35.5. The molecule has 0 aliphatic carbocycles. The lowest BCUT2D eigenvalue weighted by Crippen LogP contribution is -2.41. The second-order valence-electron chi connectivity index (χ2n) is 4.02. The maximum Gasteiger partial charge on any atom is 0.337 e. The first-order valence-electron chi connectivity index (χ1n) is 5.58. The zero-order valence-corrected chi connectivity index (χ0v) is 12.5. The average Bonchev–Trinajstić information content (AvgIpc) is 2.44. The van der Waals surface area contributed by atoms with Gasteiger partial charge in [-0.2, -0.15) is 0 Å². The fraction of sp³-hybridized carbons (Fsp3) is 0.364. The molecule has 0 atom stereocenters. The lowest BCUT2D eigenvalue weighted by Gasteiger charge is -2.15. The van der Waals surface area contributed by atoms with Crippen LogP contribution in [0.4, 0.5) is 8.78 Å². The fourth-order valence-corrected chi connectivity index (χ4v) is 2.92. The standard InChI is InChI=1S/C11H13ClF2N2O4S/c1-20-10(17)7-2-3-9(8(12)4-7)21(18,19)16-6-11(13,14)5-15/h2-4,16H,5-6,15H2,1H3. The number of sulfonamides is 1. The number of nitrogens with two attached hydrogens (primary N) is 1. The van der Waals surface area contributed by atoms with Crippen molar-refractivity contribution in [1.29, 1.82) is 0 Å². The number of benzene rings is 1. The van der Waals surface area contributed by atoms with E-state index in [1.807, 2.05) is 0 Å². The van der Waals surface area contributed by atoms with Gasteiger partial charge in [-0.3, -0.25) is 0 Å².